The predicted molar refractivity (Wildman–Crippen MR) is 103 cm³/mol. The number of rotatable bonds is 7. The van der Waals surface area contributed by atoms with E-state index in [-0.39, 0.29) is 12.6 Å². The molecule has 0 bridgehead atoms. The smallest absolute Gasteiger partial charge is 0.338 e. The van der Waals surface area contributed by atoms with Crippen molar-refractivity contribution in [3.8, 4) is 0 Å². The van der Waals surface area contributed by atoms with E-state index in [1.165, 1.54) is 16.9 Å². The second-order valence-electron chi connectivity index (χ2n) is 5.84. The molecule has 0 fully saturated rings. The lowest BCUT2D eigenvalue weighted by atomic mass is 10.1. The van der Waals surface area contributed by atoms with Crippen molar-refractivity contribution in [2.45, 2.75) is 20.1 Å². The summed E-state index contributed by atoms with van der Waals surface area (Å²) in [5, 5.41) is 5.89. The van der Waals surface area contributed by atoms with Crippen LogP contribution in [0.2, 0.25) is 0 Å². The first-order valence-electron chi connectivity index (χ1n) is 8.17. The van der Waals surface area contributed by atoms with E-state index in [9.17, 15) is 4.79 Å². The van der Waals surface area contributed by atoms with E-state index in [0.29, 0.717) is 17.9 Å². The fourth-order valence-electron chi connectivity index (χ4n) is 2.32. The molecular formula is C20H20N2O3S. The number of carbonyl (C=O) groups is 1. The molecule has 0 unspecified atom stereocenters. The van der Waals surface area contributed by atoms with Crippen LogP contribution in [0.25, 0.3) is 0 Å². The number of hydrogen-bond acceptors (Lipinski definition) is 6. The molecule has 0 spiro atoms. The molecule has 5 nitrogen and oxygen atoms in total. The Labute approximate surface area is 156 Å². The molecule has 3 rings (SSSR count). The van der Waals surface area contributed by atoms with Gasteiger partial charge in [-0.2, -0.15) is 0 Å². The van der Waals surface area contributed by atoms with Gasteiger partial charge in [-0.1, -0.05) is 29.8 Å². The summed E-state index contributed by atoms with van der Waals surface area (Å²) < 4.78 is 10.4. The molecule has 0 saturated heterocycles. The Morgan fingerprint density at radius 3 is 2.50 bits per heavy atom. The number of methoxy groups -OCH3 is 1. The zero-order valence-corrected chi connectivity index (χ0v) is 15.5. The monoisotopic (exact) mass is 368 g/mol. The maximum Gasteiger partial charge on any atom is 0.338 e. The summed E-state index contributed by atoms with van der Waals surface area (Å²) in [4.78, 5) is 16.6. The molecule has 0 radical (unpaired) electrons. The lowest BCUT2D eigenvalue weighted by Gasteiger charge is -2.05. The highest BCUT2D eigenvalue weighted by molar-refractivity contribution is 7.13. The molecule has 1 heterocycles. The average Bonchev–Trinajstić information content (AvgIpc) is 3.10. The van der Waals surface area contributed by atoms with Gasteiger partial charge in [-0.05, 0) is 36.8 Å². The number of carbonyl (C=O) groups excluding carboxylic acids is 1. The number of hydrogen-bond donors (Lipinski definition) is 1. The van der Waals surface area contributed by atoms with Crippen molar-refractivity contribution in [3.63, 3.8) is 0 Å². The second kappa shape index (κ2) is 8.60. The summed E-state index contributed by atoms with van der Waals surface area (Å²) in [5.74, 6) is -0.366. The standard InChI is InChI=1S/C20H20N2O3S/c1-14-3-9-17(10-4-14)21-20-22-18(13-26-20)12-25-19(23)16-7-5-15(6-8-16)11-24-2/h3-10,13H,11-12H2,1-2H3,(H,21,22). The van der Waals surface area contributed by atoms with Gasteiger partial charge in [0.1, 0.15) is 6.61 Å². The van der Waals surface area contributed by atoms with Crippen LogP contribution >= 0.6 is 11.3 Å². The van der Waals surface area contributed by atoms with Crippen molar-refractivity contribution >= 4 is 28.1 Å². The summed E-state index contributed by atoms with van der Waals surface area (Å²) in [6.07, 6.45) is 0. The van der Waals surface area contributed by atoms with Crippen LogP contribution in [0.4, 0.5) is 10.8 Å². The van der Waals surface area contributed by atoms with E-state index < -0.39 is 0 Å². The molecule has 6 heteroatoms. The lowest BCUT2D eigenvalue weighted by molar-refractivity contribution is 0.0468. The number of nitrogens with zero attached hydrogens (tertiary/aromatic N) is 1. The van der Waals surface area contributed by atoms with Crippen LogP contribution in [0.3, 0.4) is 0 Å². The molecule has 2 aromatic carbocycles. The molecule has 0 aliphatic heterocycles. The van der Waals surface area contributed by atoms with Gasteiger partial charge in [0.2, 0.25) is 0 Å². The van der Waals surface area contributed by atoms with Crippen LogP contribution in [-0.4, -0.2) is 18.1 Å². The number of aryl methyl sites for hydroxylation is 1. The first-order chi connectivity index (χ1) is 12.6. The molecule has 26 heavy (non-hydrogen) atoms. The van der Waals surface area contributed by atoms with Crippen molar-refractivity contribution < 1.29 is 14.3 Å². The Bertz CT molecular complexity index is 858. The number of nitrogens with one attached hydrogen (secondary N) is 1. The van der Waals surface area contributed by atoms with Crippen LogP contribution in [0.5, 0.6) is 0 Å². The molecule has 0 amide bonds. The first-order valence-corrected chi connectivity index (χ1v) is 9.05. The SMILES string of the molecule is COCc1ccc(C(=O)OCc2csc(Nc3ccc(C)cc3)n2)cc1. The summed E-state index contributed by atoms with van der Waals surface area (Å²) in [7, 11) is 1.64. The second-order valence-corrected chi connectivity index (χ2v) is 6.70. The minimum absolute atomic E-state index is 0.144. The van der Waals surface area contributed by atoms with Gasteiger partial charge in [0.25, 0.3) is 0 Å². The third kappa shape index (κ3) is 4.91. The Balaban J connectivity index is 1.54. The van der Waals surface area contributed by atoms with Crippen molar-refractivity contribution in [3.05, 3.63) is 76.3 Å². The molecule has 134 valence electrons. The number of aromatic nitrogens is 1. The minimum atomic E-state index is -0.366. The van der Waals surface area contributed by atoms with Crippen molar-refractivity contribution in [2.24, 2.45) is 0 Å². The molecule has 0 aliphatic carbocycles. The minimum Gasteiger partial charge on any atom is -0.456 e. The van der Waals surface area contributed by atoms with E-state index in [1.807, 2.05) is 48.7 Å². The summed E-state index contributed by atoms with van der Waals surface area (Å²) >= 11 is 1.48. The normalized spacial score (nSPS) is 10.5. The molecule has 0 atom stereocenters. The van der Waals surface area contributed by atoms with Crippen LogP contribution in [0.15, 0.2) is 53.9 Å². The number of esters is 1. The molecule has 0 saturated carbocycles. The Morgan fingerprint density at radius 2 is 1.81 bits per heavy atom. The average molecular weight is 368 g/mol. The zero-order chi connectivity index (χ0) is 18.4. The third-order valence-corrected chi connectivity index (χ3v) is 4.51. The van der Waals surface area contributed by atoms with Crippen LogP contribution in [0, 0.1) is 6.92 Å². The van der Waals surface area contributed by atoms with Gasteiger partial charge in [0.05, 0.1) is 17.9 Å². The van der Waals surface area contributed by atoms with Crippen LogP contribution < -0.4 is 5.32 Å². The highest BCUT2D eigenvalue weighted by Crippen LogP contribution is 2.21. The maximum atomic E-state index is 12.1. The van der Waals surface area contributed by atoms with E-state index in [1.54, 1.807) is 19.2 Å². The third-order valence-electron chi connectivity index (χ3n) is 3.71. The van der Waals surface area contributed by atoms with E-state index in [4.69, 9.17) is 9.47 Å². The molecule has 3 aromatic rings. The first kappa shape index (κ1) is 18.1. The Hall–Kier alpha value is -2.70. The van der Waals surface area contributed by atoms with E-state index in [2.05, 4.69) is 10.3 Å². The lowest BCUT2D eigenvalue weighted by Crippen LogP contribution is -2.05. The van der Waals surface area contributed by atoms with Crippen LogP contribution in [-0.2, 0) is 22.7 Å². The quantitative estimate of drug-likeness (QED) is 0.613. The van der Waals surface area contributed by atoms with Crippen molar-refractivity contribution in [1.82, 2.24) is 4.98 Å². The number of thiazole rings is 1. The van der Waals surface area contributed by atoms with Crippen molar-refractivity contribution in [1.29, 1.82) is 0 Å². The maximum absolute atomic E-state index is 12.1. The Kier molecular flexibility index (Phi) is 5.99. The number of benzene rings is 2. The van der Waals surface area contributed by atoms with E-state index >= 15 is 0 Å². The summed E-state index contributed by atoms with van der Waals surface area (Å²) in [5.41, 5.74) is 4.42. The topological polar surface area (TPSA) is 60.5 Å². The molecule has 0 aliphatic rings. The van der Waals surface area contributed by atoms with Gasteiger partial charge in [-0.3, -0.25) is 0 Å². The highest BCUT2D eigenvalue weighted by atomic mass is 32.1. The van der Waals surface area contributed by atoms with Gasteiger partial charge < -0.3 is 14.8 Å². The van der Waals surface area contributed by atoms with Gasteiger partial charge in [-0.15, -0.1) is 11.3 Å². The largest absolute Gasteiger partial charge is 0.456 e. The number of ether oxygens (including phenoxy) is 2. The summed E-state index contributed by atoms with van der Waals surface area (Å²) in [6, 6.07) is 15.3. The van der Waals surface area contributed by atoms with Crippen LogP contribution in [0.1, 0.15) is 27.2 Å². The highest BCUT2D eigenvalue weighted by Gasteiger charge is 2.09. The molecule has 1 aromatic heterocycles. The Morgan fingerprint density at radius 1 is 1.08 bits per heavy atom. The van der Waals surface area contributed by atoms with Gasteiger partial charge >= 0.3 is 5.97 Å². The van der Waals surface area contributed by atoms with Gasteiger partial charge in [0.15, 0.2) is 5.13 Å². The van der Waals surface area contributed by atoms with Crippen molar-refractivity contribution in [2.75, 3.05) is 12.4 Å². The predicted octanol–water partition coefficient (Wildman–Crippen LogP) is 4.70. The van der Waals surface area contributed by atoms with E-state index in [0.717, 1.165) is 16.4 Å². The van der Waals surface area contributed by atoms with Gasteiger partial charge in [-0.25, -0.2) is 9.78 Å². The fraction of sp³-hybridized carbons (Fsp3) is 0.200. The van der Waals surface area contributed by atoms with Gasteiger partial charge in [0, 0.05) is 18.2 Å². The fourth-order valence-corrected chi connectivity index (χ4v) is 3.03. The molecule has 1 N–H and O–H groups in total. The number of anilines is 2. The zero-order valence-electron chi connectivity index (χ0n) is 14.7. The molecular weight excluding hydrogens is 348 g/mol. The summed E-state index contributed by atoms with van der Waals surface area (Å²) in [6.45, 7) is 2.71.